The lowest BCUT2D eigenvalue weighted by Crippen LogP contribution is -2.36. The minimum absolute atomic E-state index is 0.0853. The fourth-order valence-electron chi connectivity index (χ4n) is 1.70. The Labute approximate surface area is 118 Å². The largest absolute Gasteiger partial charge is 0.481 e. The van der Waals surface area contributed by atoms with Gasteiger partial charge in [-0.05, 0) is 24.6 Å². The van der Waals surface area contributed by atoms with Gasteiger partial charge in [0.1, 0.15) is 0 Å². The number of benzene rings is 1. The van der Waals surface area contributed by atoms with Gasteiger partial charge in [-0.25, -0.2) is 0 Å². The Hall–Kier alpha value is -1.55. The van der Waals surface area contributed by atoms with Crippen LogP contribution in [0.4, 0.5) is 5.69 Å². The molecule has 0 saturated carbocycles. The van der Waals surface area contributed by atoms with Crippen LogP contribution >= 0.6 is 11.6 Å². The second-order valence-electron chi connectivity index (χ2n) is 4.47. The van der Waals surface area contributed by atoms with E-state index in [-0.39, 0.29) is 12.5 Å². The average molecular weight is 284 g/mol. The minimum Gasteiger partial charge on any atom is -0.481 e. The molecular formula is C14H18ClNO3. The van der Waals surface area contributed by atoms with E-state index in [0.29, 0.717) is 17.1 Å². The highest BCUT2D eigenvalue weighted by molar-refractivity contribution is 6.30. The van der Waals surface area contributed by atoms with Crippen LogP contribution in [0.15, 0.2) is 24.3 Å². The molecule has 4 nitrogen and oxygen atoms in total. The zero-order valence-corrected chi connectivity index (χ0v) is 11.9. The molecule has 1 amide bonds. The van der Waals surface area contributed by atoms with Crippen LogP contribution in [0, 0.1) is 5.92 Å². The van der Waals surface area contributed by atoms with Crippen molar-refractivity contribution in [3.8, 4) is 0 Å². The van der Waals surface area contributed by atoms with Crippen LogP contribution in [0.1, 0.15) is 26.7 Å². The minimum atomic E-state index is -0.920. The zero-order valence-electron chi connectivity index (χ0n) is 11.1. The number of hydrogen-bond donors (Lipinski definition) is 1. The third-order valence-corrected chi connectivity index (χ3v) is 3.00. The molecule has 0 aliphatic carbocycles. The number of nitrogens with zero attached hydrogens (tertiary/aromatic N) is 1. The molecule has 1 atom stereocenters. The highest BCUT2D eigenvalue weighted by Gasteiger charge is 2.21. The van der Waals surface area contributed by atoms with Gasteiger partial charge in [-0.1, -0.05) is 31.5 Å². The number of hydrogen-bond acceptors (Lipinski definition) is 2. The Bertz CT molecular complexity index is 462. The van der Waals surface area contributed by atoms with Crippen LogP contribution < -0.4 is 4.90 Å². The lowest BCUT2D eigenvalue weighted by Gasteiger charge is -2.24. The van der Waals surface area contributed by atoms with Crippen molar-refractivity contribution in [1.82, 2.24) is 0 Å². The average Bonchev–Trinajstić information content (AvgIpc) is 2.35. The van der Waals surface area contributed by atoms with Gasteiger partial charge >= 0.3 is 5.97 Å². The first kappa shape index (κ1) is 15.5. The molecule has 0 radical (unpaired) electrons. The van der Waals surface area contributed by atoms with E-state index in [1.807, 2.05) is 6.92 Å². The van der Waals surface area contributed by atoms with Gasteiger partial charge < -0.3 is 10.0 Å². The molecule has 1 aromatic carbocycles. The summed E-state index contributed by atoms with van der Waals surface area (Å²) in [5, 5.41) is 9.50. The van der Waals surface area contributed by atoms with Gasteiger partial charge in [0.2, 0.25) is 5.91 Å². The summed E-state index contributed by atoms with van der Waals surface area (Å²) in [5.74, 6) is -1.63. The monoisotopic (exact) mass is 283 g/mol. The quantitative estimate of drug-likeness (QED) is 0.872. The lowest BCUT2D eigenvalue weighted by molar-refractivity contribution is -0.140. The van der Waals surface area contributed by atoms with Crippen LogP contribution in [0.25, 0.3) is 0 Å². The maximum absolute atomic E-state index is 12.1. The van der Waals surface area contributed by atoms with Gasteiger partial charge in [0.05, 0.1) is 5.92 Å². The molecule has 0 aliphatic heterocycles. The third kappa shape index (κ3) is 4.56. The van der Waals surface area contributed by atoms with E-state index in [9.17, 15) is 9.59 Å². The van der Waals surface area contributed by atoms with Crippen molar-refractivity contribution in [2.75, 3.05) is 11.4 Å². The van der Waals surface area contributed by atoms with E-state index in [1.54, 1.807) is 31.2 Å². The molecule has 104 valence electrons. The van der Waals surface area contributed by atoms with Crippen molar-refractivity contribution in [1.29, 1.82) is 0 Å². The van der Waals surface area contributed by atoms with E-state index < -0.39 is 11.9 Å². The molecule has 0 spiro atoms. The third-order valence-electron chi connectivity index (χ3n) is 2.76. The van der Waals surface area contributed by atoms with Crippen molar-refractivity contribution in [3.63, 3.8) is 0 Å². The summed E-state index contributed by atoms with van der Waals surface area (Å²) in [5.41, 5.74) is 0.638. The van der Waals surface area contributed by atoms with Crippen LogP contribution in [-0.2, 0) is 9.59 Å². The smallest absolute Gasteiger partial charge is 0.308 e. The highest BCUT2D eigenvalue weighted by Crippen LogP contribution is 2.21. The number of carboxylic acid groups (broad SMARTS) is 1. The maximum Gasteiger partial charge on any atom is 0.308 e. The Morgan fingerprint density at radius 1 is 1.42 bits per heavy atom. The van der Waals surface area contributed by atoms with E-state index in [0.717, 1.165) is 6.42 Å². The van der Waals surface area contributed by atoms with E-state index in [4.69, 9.17) is 16.7 Å². The van der Waals surface area contributed by atoms with Gasteiger partial charge in [0, 0.05) is 23.7 Å². The molecule has 0 bridgehead atoms. The molecule has 19 heavy (non-hydrogen) atoms. The molecule has 5 heteroatoms. The summed E-state index contributed by atoms with van der Waals surface area (Å²) in [6, 6.07) is 6.89. The predicted octanol–water partition coefficient (Wildman–Crippen LogP) is 3.19. The number of anilines is 1. The summed E-state index contributed by atoms with van der Waals surface area (Å²) in [6.07, 6.45) is 1.11. The summed E-state index contributed by atoms with van der Waals surface area (Å²) in [4.78, 5) is 24.5. The SMILES string of the molecule is CCCC(=O)N(CC(C)C(=O)O)c1cccc(Cl)c1. The Kier molecular flexibility index (Phi) is 5.83. The normalized spacial score (nSPS) is 11.9. The van der Waals surface area contributed by atoms with Gasteiger partial charge in [-0.3, -0.25) is 9.59 Å². The molecule has 0 aromatic heterocycles. The van der Waals surface area contributed by atoms with Crippen LogP contribution in [0.5, 0.6) is 0 Å². The Morgan fingerprint density at radius 2 is 2.11 bits per heavy atom. The van der Waals surface area contributed by atoms with E-state index in [2.05, 4.69) is 0 Å². The first-order chi connectivity index (χ1) is 8.95. The zero-order chi connectivity index (χ0) is 14.4. The van der Waals surface area contributed by atoms with Crippen molar-refractivity contribution < 1.29 is 14.7 Å². The number of carboxylic acids is 1. The van der Waals surface area contributed by atoms with Gasteiger partial charge in [0.25, 0.3) is 0 Å². The maximum atomic E-state index is 12.1. The number of aliphatic carboxylic acids is 1. The lowest BCUT2D eigenvalue weighted by atomic mass is 10.1. The van der Waals surface area contributed by atoms with Crippen LogP contribution in [0.2, 0.25) is 5.02 Å². The number of amides is 1. The summed E-state index contributed by atoms with van der Waals surface area (Å²) in [6.45, 7) is 3.64. The molecule has 0 heterocycles. The molecule has 1 rings (SSSR count). The van der Waals surface area contributed by atoms with Crippen molar-refractivity contribution in [3.05, 3.63) is 29.3 Å². The fraction of sp³-hybridized carbons (Fsp3) is 0.429. The standard InChI is InChI=1S/C14H18ClNO3/c1-3-5-13(17)16(9-10(2)14(18)19)12-7-4-6-11(15)8-12/h4,6-8,10H,3,5,9H2,1-2H3,(H,18,19). The summed E-state index contributed by atoms with van der Waals surface area (Å²) < 4.78 is 0. The number of halogens is 1. The van der Waals surface area contributed by atoms with Gasteiger partial charge in [0.15, 0.2) is 0 Å². The predicted molar refractivity (Wildman–Crippen MR) is 75.5 cm³/mol. The topological polar surface area (TPSA) is 57.6 Å². The summed E-state index contributed by atoms with van der Waals surface area (Å²) in [7, 11) is 0. The molecule has 1 N–H and O–H groups in total. The second-order valence-corrected chi connectivity index (χ2v) is 4.91. The molecular weight excluding hydrogens is 266 g/mol. The van der Waals surface area contributed by atoms with Crippen molar-refractivity contribution in [2.24, 2.45) is 5.92 Å². The van der Waals surface area contributed by atoms with Gasteiger partial charge in [-0.15, -0.1) is 0 Å². The van der Waals surface area contributed by atoms with Crippen molar-refractivity contribution >= 4 is 29.2 Å². The molecule has 1 aromatic rings. The molecule has 0 fully saturated rings. The summed E-state index contributed by atoms with van der Waals surface area (Å²) >= 11 is 5.92. The highest BCUT2D eigenvalue weighted by atomic mass is 35.5. The van der Waals surface area contributed by atoms with Crippen molar-refractivity contribution in [2.45, 2.75) is 26.7 Å². The number of carbonyl (C=O) groups is 2. The van der Waals surface area contributed by atoms with Crippen LogP contribution in [0.3, 0.4) is 0 Å². The van der Waals surface area contributed by atoms with E-state index >= 15 is 0 Å². The van der Waals surface area contributed by atoms with E-state index in [1.165, 1.54) is 4.90 Å². The first-order valence-corrected chi connectivity index (χ1v) is 6.62. The second kappa shape index (κ2) is 7.14. The Morgan fingerprint density at radius 3 is 2.63 bits per heavy atom. The number of carbonyl (C=O) groups excluding carboxylic acids is 1. The molecule has 0 saturated heterocycles. The molecule has 1 unspecified atom stereocenters. The molecule has 0 aliphatic rings. The number of rotatable bonds is 6. The van der Waals surface area contributed by atoms with Gasteiger partial charge in [-0.2, -0.15) is 0 Å². The van der Waals surface area contributed by atoms with Crippen LogP contribution in [-0.4, -0.2) is 23.5 Å². The first-order valence-electron chi connectivity index (χ1n) is 6.24. The fourth-order valence-corrected chi connectivity index (χ4v) is 1.88. The Balaban J connectivity index is 2.98.